The Morgan fingerprint density at radius 1 is 1.12 bits per heavy atom. The lowest BCUT2D eigenvalue weighted by Gasteiger charge is -2.27. The van der Waals surface area contributed by atoms with Crippen LogP contribution in [0.15, 0.2) is 30.3 Å². The molecule has 0 saturated heterocycles. The van der Waals surface area contributed by atoms with Crippen LogP contribution in [0.1, 0.15) is 39.5 Å². The maximum atomic E-state index is 12.7. The van der Waals surface area contributed by atoms with Crippen molar-refractivity contribution in [1.29, 1.82) is 0 Å². The van der Waals surface area contributed by atoms with Crippen molar-refractivity contribution in [1.82, 2.24) is 10.2 Å². The van der Waals surface area contributed by atoms with Crippen molar-refractivity contribution in [2.24, 2.45) is 0 Å². The number of para-hydroxylation sites is 1. The first kappa shape index (κ1) is 21.5. The summed E-state index contributed by atoms with van der Waals surface area (Å²) in [6.07, 6.45) is 1.45. The molecule has 0 spiro atoms. The average Bonchev–Trinajstić information content (AvgIpc) is 2.63. The minimum absolute atomic E-state index is 0.0508. The van der Waals surface area contributed by atoms with Crippen LogP contribution >= 0.6 is 0 Å². The summed E-state index contributed by atoms with van der Waals surface area (Å²) in [5.74, 6) is -1.15. The summed E-state index contributed by atoms with van der Waals surface area (Å²) in [6.45, 7) is 4.85. The maximum Gasteiger partial charge on any atom is 0.303 e. The fourth-order valence-corrected chi connectivity index (χ4v) is 2.52. The van der Waals surface area contributed by atoms with Crippen molar-refractivity contribution in [2.75, 3.05) is 19.7 Å². The highest BCUT2D eigenvalue weighted by Gasteiger charge is 2.26. The first-order chi connectivity index (χ1) is 12.5. The molecule has 0 bridgehead atoms. The SMILES string of the molecule is CCCN(CCC)C(=O)[C@H](CCC(=O)O)NC(=O)COc1ccccc1. The number of hydrogen-bond acceptors (Lipinski definition) is 4. The topological polar surface area (TPSA) is 95.9 Å². The maximum absolute atomic E-state index is 12.7. The Morgan fingerprint density at radius 3 is 2.27 bits per heavy atom. The molecular formula is C19H28N2O5. The predicted octanol–water partition coefficient (Wildman–Crippen LogP) is 2.06. The molecule has 0 fully saturated rings. The Labute approximate surface area is 154 Å². The Kier molecular flexibility index (Phi) is 9.82. The number of rotatable bonds is 12. The highest BCUT2D eigenvalue weighted by atomic mass is 16.5. The lowest BCUT2D eigenvalue weighted by molar-refractivity contribution is -0.139. The van der Waals surface area contributed by atoms with Crippen LogP contribution in [0.3, 0.4) is 0 Å². The number of nitrogens with one attached hydrogen (secondary N) is 1. The van der Waals surface area contributed by atoms with Gasteiger partial charge in [0.25, 0.3) is 5.91 Å². The van der Waals surface area contributed by atoms with Crippen LogP contribution in [0.25, 0.3) is 0 Å². The molecule has 0 radical (unpaired) electrons. The van der Waals surface area contributed by atoms with Gasteiger partial charge in [0, 0.05) is 19.5 Å². The third-order valence-corrected chi connectivity index (χ3v) is 3.69. The van der Waals surface area contributed by atoms with Gasteiger partial charge in [0.15, 0.2) is 6.61 Å². The van der Waals surface area contributed by atoms with Crippen LogP contribution in [0.4, 0.5) is 0 Å². The number of benzene rings is 1. The van der Waals surface area contributed by atoms with Gasteiger partial charge in [0.1, 0.15) is 11.8 Å². The zero-order chi connectivity index (χ0) is 19.4. The standard InChI is InChI=1S/C19H28N2O5/c1-3-12-21(13-4-2)19(25)16(10-11-18(23)24)20-17(22)14-26-15-8-6-5-7-9-15/h5-9,16H,3-4,10-14H2,1-2H3,(H,20,22)(H,23,24)/t16-/m0/s1. The zero-order valence-electron chi connectivity index (χ0n) is 15.4. The van der Waals surface area contributed by atoms with Crippen molar-refractivity contribution >= 4 is 17.8 Å². The Bertz CT molecular complexity index is 571. The molecule has 1 atom stereocenters. The van der Waals surface area contributed by atoms with Gasteiger partial charge < -0.3 is 20.1 Å². The number of nitrogens with zero attached hydrogens (tertiary/aromatic N) is 1. The lowest BCUT2D eigenvalue weighted by Crippen LogP contribution is -2.50. The fraction of sp³-hybridized carbons (Fsp3) is 0.526. The normalized spacial score (nSPS) is 11.5. The van der Waals surface area contributed by atoms with E-state index in [-0.39, 0.29) is 25.4 Å². The molecule has 7 nitrogen and oxygen atoms in total. The smallest absolute Gasteiger partial charge is 0.303 e. The van der Waals surface area contributed by atoms with Gasteiger partial charge in [-0.1, -0.05) is 32.0 Å². The third-order valence-electron chi connectivity index (χ3n) is 3.69. The van der Waals surface area contributed by atoms with E-state index in [1.165, 1.54) is 0 Å². The molecule has 2 amide bonds. The molecule has 26 heavy (non-hydrogen) atoms. The summed E-state index contributed by atoms with van der Waals surface area (Å²) in [5, 5.41) is 11.5. The number of amides is 2. The molecule has 0 saturated carbocycles. The van der Waals surface area contributed by atoms with E-state index in [1.54, 1.807) is 29.2 Å². The van der Waals surface area contributed by atoms with Gasteiger partial charge in [-0.3, -0.25) is 14.4 Å². The van der Waals surface area contributed by atoms with Crippen molar-refractivity contribution in [3.63, 3.8) is 0 Å². The van der Waals surface area contributed by atoms with Crippen LogP contribution in [0.2, 0.25) is 0 Å². The van der Waals surface area contributed by atoms with Crippen molar-refractivity contribution in [2.45, 2.75) is 45.6 Å². The fourth-order valence-electron chi connectivity index (χ4n) is 2.52. The van der Waals surface area contributed by atoms with E-state index in [1.807, 2.05) is 19.9 Å². The van der Waals surface area contributed by atoms with Crippen LogP contribution in [-0.4, -0.2) is 53.5 Å². The molecule has 0 aliphatic rings. The molecule has 2 N–H and O–H groups in total. The molecule has 1 rings (SSSR count). The van der Waals surface area contributed by atoms with E-state index in [0.29, 0.717) is 18.8 Å². The van der Waals surface area contributed by atoms with Crippen LogP contribution in [-0.2, 0) is 14.4 Å². The van der Waals surface area contributed by atoms with Crippen molar-refractivity contribution < 1.29 is 24.2 Å². The number of carboxylic acids is 1. The van der Waals surface area contributed by atoms with E-state index in [2.05, 4.69) is 5.32 Å². The summed E-state index contributed by atoms with van der Waals surface area (Å²) in [4.78, 5) is 37.4. The lowest BCUT2D eigenvalue weighted by atomic mass is 10.1. The molecule has 0 unspecified atom stereocenters. The Hall–Kier alpha value is -2.57. The predicted molar refractivity (Wildman–Crippen MR) is 97.9 cm³/mol. The summed E-state index contributed by atoms with van der Waals surface area (Å²) in [5.41, 5.74) is 0. The average molecular weight is 364 g/mol. The quantitative estimate of drug-likeness (QED) is 0.592. The first-order valence-electron chi connectivity index (χ1n) is 8.95. The number of ether oxygens (including phenoxy) is 1. The minimum atomic E-state index is -1.00. The van der Waals surface area contributed by atoms with E-state index in [9.17, 15) is 14.4 Å². The van der Waals surface area contributed by atoms with E-state index < -0.39 is 17.9 Å². The zero-order valence-corrected chi connectivity index (χ0v) is 15.4. The highest BCUT2D eigenvalue weighted by Crippen LogP contribution is 2.09. The van der Waals surface area contributed by atoms with E-state index in [0.717, 1.165) is 12.8 Å². The second-order valence-electron chi connectivity index (χ2n) is 5.98. The number of carbonyl (C=O) groups is 3. The summed E-state index contributed by atoms with van der Waals surface area (Å²) >= 11 is 0. The van der Waals surface area contributed by atoms with Crippen molar-refractivity contribution in [3.05, 3.63) is 30.3 Å². The summed E-state index contributed by atoms with van der Waals surface area (Å²) < 4.78 is 5.38. The van der Waals surface area contributed by atoms with E-state index in [4.69, 9.17) is 9.84 Å². The molecule has 0 aromatic heterocycles. The summed E-state index contributed by atoms with van der Waals surface area (Å²) in [7, 11) is 0. The van der Waals surface area contributed by atoms with Gasteiger partial charge in [-0.15, -0.1) is 0 Å². The number of carboxylic acid groups (broad SMARTS) is 1. The molecule has 144 valence electrons. The molecule has 0 heterocycles. The monoisotopic (exact) mass is 364 g/mol. The highest BCUT2D eigenvalue weighted by molar-refractivity contribution is 5.88. The van der Waals surface area contributed by atoms with Crippen LogP contribution in [0, 0.1) is 0 Å². The van der Waals surface area contributed by atoms with Gasteiger partial charge in [-0.05, 0) is 31.4 Å². The third kappa shape index (κ3) is 8.00. The number of aliphatic carboxylic acids is 1. The second-order valence-corrected chi connectivity index (χ2v) is 5.98. The molecule has 7 heteroatoms. The second kappa shape index (κ2) is 11.9. The van der Waals surface area contributed by atoms with Crippen molar-refractivity contribution in [3.8, 4) is 5.75 Å². The van der Waals surface area contributed by atoms with Gasteiger partial charge in [-0.25, -0.2) is 0 Å². The van der Waals surface area contributed by atoms with Gasteiger partial charge >= 0.3 is 5.97 Å². The minimum Gasteiger partial charge on any atom is -0.484 e. The molecular weight excluding hydrogens is 336 g/mol. The largest absolute Gasteiger partial charge is 0.484 e. The summed E-state index contributed by atoms with van der Waals surface area (Å²) in [6, 6.07) is 8.01. The van der Waals surface area contributed by atoms with E-state index >= 15 is 0 Å². The molecule has 0 aliphatic heterocycles. The number of carbonyl (C=O) groups excluding carboxylic acids is 2. The van der Waals surface area contributed by atoms with Gasteiger partial charge in [0.05, 0.1) is 0 Å². The first-order valence-corrected chi connectivity index (χ1v) is 8.95. The van der Waals surface area contributed by atoms with Crippen LogP contribution in [0.5, 0.6) is 5.75 Å². The van der Waals surface area contributed by atoms with Gasteiger partial charge in [-0.2, -0.15) is 0 Å². The Balaban J connectivity index is 2.69. The molecule has 1 aromatic rings. The Morgan fingerprint density at radius 2 is 1.73 bits per heavy atom. The van der Waals surface area contributed by atoms with Gasteiger partial charge in [0.2, 0.25) is 5.91 Å². The van der Waals surface area contributed by atoms with Crippen LogP contribution < -0.4 is 10.1 Å². The molecule has 1 aromatic carbocycles. The molecule has 0 aliphatic carbocycles. The number of hydrogen-bond donors (Lipinski definition) is 2.